The van der Waals surface area contributed by atoms with Crippen LogP contribution in [0.4, 0.5) is 5.69 Å². The lowest BCUT2D eigenvalue weighted by molar-refractivity contribution is -0.318. The van der Waals surface area contributed by atoms with Crippen molar-refractivity contribution in [3.8, 4) is 0 Å². The monoisotopic (exact) mass is 1170 g/mol. The number of rotatable bonds is 20. The second kappa shape index (κ2) is 28.1. The molecule has 1 saturated carbocycles. The maximum absolute atomic E-state index is 14.6. The molecule has 23 heteroatoms. The molecule has 6 rings (SSSR count). The number of hydrogen-bond acceptors (Lipinski definition) is 20. The number of aliphatic hydroxyl groups excluding tert-OH is 2. The van der Waals surface area contributed by atoms with Crippen LogP contribution in [0.25, 0.3) is 10.9 Å². The highest BCUT2D eigenvalue weighted by Crippen LogP contribution is 2.42. The van der Waals surface area contributed by atoms with Gasteiger partial charge in [-0.3, -0.25) is 14.4 Å². The van der Waals surface area contributed by atoms with Crippen molar-refractivity contribution in [1.29, 1.82) is 0 Å². The van der Waals surface area contributed by atoms with Gasteiger partial charge in [0.05, 0.1) is 71.8 Å². The summed E-state index contributed by atoms with van der Waals surface area (Å²) in [5.74, 6) is -4.67. The van der Waals surface area contributed by atoms with Crippen LogP contribution in [0.1, 0.15) is 131 Å². The Labute approximate surface area is 482 Å². The molecule has 3 saturated heterocycles. The summed E-state index contributed by atoms with van der Waals surface area (Å²) in [6.45, 7) is 19.6. The molecule has 4 heterocycles. The zero-order chi connectivity index (χ0) is 60.1. The van der Waals surface area contributed by atoms with Crippen LogP contribution in [-0.2, 0) is 47.5 Å². The Balaban J connectivity index is 1.10. The number of anilines is 1. The zero-order valence-corrected chi connectivity index (χ0v) is 50.8. The fraction of sp³-hybridized carbons (Fsp3) is 0.793. The van der Waals surface area contributed by atoms with Crippen molar-refractivity contribution < 1.29 is 77.8 Å². The normalized spacial score (nSPS) is 36.9. The SMILES string of the molecule is CC[C@H]1OC(=O)[C@H](C)[C@@H](O[C@H]2C[C@@](C)(OC)[C@@H](OC(=O)CCNCCOCCNc3cc4c(=O)c(C(=O)O)cn(C5CC5)c4cc3Cl)[C@H](C)O2)[C@H](C)[C@@H](O[C@@H]2O[C@H](C)C[C@H](N(C)C)[C@H]2O)[C@](C)(O)C[C@@H](C)CN(C)[C@H](C)[C@@H](O)[C@]1(C)O. The minimum atomic E-state index is -1.87. The molecule has 18 atom stereocenters. The number of halogens is 1. The van der Waals surface area contributed by atoms with Crippen molar-refractivity contribution in [1.82, 2.24) is 19.7 Å². The first-order valence-electron chi connectivity index (χ1n) is 28.8. The lowest BCUT2D eigenvalue weighted by Gasteiger charge is -2.49. The highest BCUT2D eigenvalue weighted by atomic mass is 35.5. The Morgan fingerprint density at radius 2 is 1.62 bits per heavy atom. The summed E-state index contributed by atoms with van der Waals surface area (Å²) in [7, 11) is 7.07. The van der Waals surface area contributed by atoms with E-state index in [1.807, 2.05) is 49.4 Å². The van der Waals surface area contributed by atoms with E-state index in [9.17, 15) is 44.7 Å². The van der Waals surface area contributed by atoms with Gasteiger partial charge in [0.1, 0.15) is 35.1 Å². The van der Waals surface area contributed by atoms with E-state index >= 15 is 0 Å². The van der Waals surface area contributed by atoms with Crippen LogP contribution in [0.15, 0.2) is 23.1 Å². The molecule has 460 valence electrons. The maximum atomic E-state index is 14.6. The molecule has 0 amide bonds. The van der Waals surface area contributed by atoms with E-state index in [4.69, 9.17) is 49.5 Å². The quantitative estimate of drug-likeness (QED) is 0.0707. The van der Waals surface area contributed by atoms with E-state index in [1.54, 1.807) is 60.6 Å². The number of benzene rings is 1. The Kier molecular flexibility index (Phi) is 23.1. The van der Waals surface area contributed by atoms with E-state index in [-0.39, 0.29) is 73.9 Å². The van der Waals surface area contributed by atoms with Crippen LogP contribution in [0.3, 0.4) is 0 Å². The van der Waals surface area contributed by atoms with Gasteiger partial charge in [0.15, 0.2) is 18.7 Å². The molecule has 1 aliphatic carbocycles. The molecular formula is C58H94ClN5O17. The lowest BCUT2D eigenvalue weighted by Crippen LogP contribution is -2.61. The Hall–Kier alpha value is -3.59. The van der Waals surface area contributed by atoms with Crippen molar-refractivity contribution in [2.24, 2.45) is 17.8 Å². The van der Waals surface area contributed by atoms with Crippen LogP contribution in [0.2, 0.25) is 5.02 Å². The minimum Gasteiger partial charge on any atom is -0.477 e. The van der Waals surface area contributed by atoms with E-state index < -0.39 is 113 Å². The second-order valence-electron chi connectivity index (χ2n) is 24.3. The van der Waals surface area contributed by atoms with Crippen LogP contribution in [0.5, 0.6) is 0 Å². The first kappa shape index (κ1) is 66.5. The first-order valence-corrected chi connectivity index (χ1v) is 29.2. The summed E-state index contributed by atoms with van der Waals surface area (Å²) < 4.78 is 52.4. The number of ether oxygens (including phenoxy) is 8. The highest BCUT2D eigenvalue weighted by molar-refractivity contribution is 6.34. The summed E-state index contributed by atoms with van der Waals surface area (Å²) in [6, 6.07) is 2.48. The van der Waals surface area contributed by atoms with Gasteiger partial charge in [-0.05, 0) is 120 Å². The van der Waals surface area contributed by atoms with Crippen molar-refractivity contribution in [3.05, 3.63) is 39.1 Å². The summed E-state index contributed by atoms with van der Waals surface area (Å²) >= 11 is 6.60. The molecule has 22 nitrogen and oxygen atoms in total. The number of cyclic esters (lactones) is 1. The number of aromatic carboxylic acids is 1. The molecule has 1 aromatic carbocycles. The number of carbonyl (C=O) groups is 3. The van der Waals surface area contributed by atoms with Gasteiger partial charge in [-0.2, -0.15) is 0 Å². The average Bonchev–Trinajstić information content (AvgIpc) is 4.44. The number of hydrogen-bond donors (Lipinski definition) is 7. The minimum absolute atomic E-state index is 0.0154. The molecule has 2 aromatic rings. The van der Waals surface area contributed by atoms with Gasteiger partial charge in [-0.25, -0.2) is 4.79 Å². The topological polar surface area (TPSA) is 279 Å². The molecular weight excluding hydrogens is 1070 g/mol. The molecule has 0 spiro atoms. The number of carbonyl (C=O) groups excluding carboxylic acids is 2. The van der Waals surface area contributed by atoms with Crippen molar-refractivity contribution in [2.75, 3.05) is 73.0 Å². The number of nitrogens with one attached hydrogen (secondary N) is 2. The number of esters is 2. The van der Waals surface area contributed by atoms with E-state index in [0.717, 1.165) is 12.8 Å². The summed E-state index contributed by atoms with van der Waals surface area (Å²) in [5, 5.41) is 64.8. The number of methoxy groups -OCH3 is 1. The molecule has 0 bridgehead atoms. The largest absolute Gasteiger partial charge is 0.477 e. The molecule has 7 N–H and O–H groups in total. The zero-order valence-electron chi connectivity index (χ0n) is 50.0. The van der Waals surface area contributed by atoms with Gasteiger partial charge in [-0.15, -0.1) is 0 Å². The average molecular weight is 1170 g/mol. The number of carboxylic acid groups (broad SMARTS) is 1. The third kappa shape index (κ3) is 16.0. The van der Waals surface area contributed by atoms with Gasteiger partial charge in [0, 0.05) is 75.3 Å². The molecule has 3 aliphatic heterocycles. The third-order valence-electron chi connectivity index (χ3n) is 17.2. The summed E-state index contributed by atoms with van der Waals surface area (Å²) in [5.41, 5.74) is -4.45. The number of aliphatic hydroxyl groups is 4. The van der Waals surface area contributed by atoms with Gasteiger partial charge in [-0.1, -0.05) is 32.4 Å². The molecule has 0 unspecified atom stereocenters. The molecule has 1 aromatic heterocycles. The molecule has 81 heavy (non-hydrogen) atoms. The number of likely N-dealkylation sites (N-methyl/N-ethyl adjacent to an activating group) is 2. The first-order chi connectivity index (χ1) is 38.0. The van der Waals surface area contributed by atoms with Gasteiger partial charge >= 0.3 is 17.9 Å². The molecule has 4 fully saturated rings. The standard InChI is InChI=1S/C58H94ClN5O17/c1-15-44-58(10,73)50(68)35(6)63(13)29-31(2)27-56(8,72)51(81-55-48(67)43(62(11)12)24-32(3)76-55)33(4)49(34(5)54(71)78-44)80-46-28-57(9,74-14)52(36(7)77-46)79-45(65)18-19-60-20-22-75-23-21-61-41-25-38-42(26-40(41)59)64(37-16-17-37)30-39(47(38)66)53(69)70/h25-26,30-37,43-44,46,48-52,55,60-61,67-68,72-73H,15-24,27-29H2,1-14H3,(H,69,70)/t31-,32-,33+,34-,35-,36+,43+,44-,46+,48-,49+,50-,51-,52+,55+,56-,57-,58-/m1/s1. The van der Waals surface area contributed by atoms with E-state index in [1.165, 1.54) is 20.2 Å². The number of fused-ring (bicyclic) bond motifs is 1. The van der Waals surface area contributed by atoms with Crippen molar-refractivity contribution in [2.45, 2.75) is 211 Å². The highest BCUT2D eigenvalue weighted by Gasteiger charge is 2.54. The summed E-state index contributed by atoms with van der Waals surface area (Å²) in [6.07, 6.45) is -5.92. The van der Waals surface area contributed by atoms with Crippen LogP contribution in [-0.4, -0.2) is 216 Å². The fourth-order valence-electron chi connectivity index (χ4n) is 12.3. The van der Waals surface area contributed by atoms with E-state index in [2.05, 4.69) is 10.6 Å². The smallest absolute Gasteiger partial charge is 0.341 e. The van der Waals surface area contributed by atoms with Gasteiger partial charge in [0.25, 0.3) is 0 Å². The predicted molar refractivity (Wildman–Crippen MR) is 303 cm³/mol. The van der Waals surface area contributed by atoms with E-state index in [0.29, 0.717) is 48.9 Å². The molecule has 4 aliphatic rings. The lowest BCUT2D eigenvalue weighted by atomic mass is 9.77. The van der Waals surface area contributed by atoms with Crippen molar-refractivity contribution in [3.63, 3.8) is 0 Å². The number of pyridine rings is 1. The Bertz CT molecular complexity index is 2500. The third-order valence-corrected chi connectivity index (χ3v) is 17.5. The number of nitrogens with zero attached hydrogens (tertiary/aromatic N) is 3. The Morgan fingerprint density at radius 1 is 0.938 bits per heavy atom. The predicted octanol–water partition coefficient (Wildman–Crippen LogP) is 4.56. The van der Waals surface area contributed by atoms with Gasteiger partial charge < -0.3 is 88.4 Å². The Morgan fingerprint density at radius 3 is 2.25 bits per heavy atom. The van der Waals surface area contributed by atoms with Crippen LogP contribution >= 0.6 is 11.6 Å². The second-order valence-corrected chi connectivity index (χ2v) is 24.7. The molecule has 0 radical (unpaired) electrons. The number of aromatic nitrogens is 1. The maximum Gasteiger partial charge on any atom is 0.341 e. The number of carboxylic acids is 1. The van der Waals surface area contributed by atoms with Gasteiger partial charge in [0.2, 0.25) is 5.43 Å². The van der Waals surface area contributed by atoms with Crippen molar-refractivity contribution >= 4 is 46.1 Å². The van der Waals surface area contributed by atoms with Crippen LogP contribution < -0.4 is 16.1 Å². The van der Waals surface area contributed by atoms with Crippen LogP contribution in [0, 0.1) is 17.8 Å². The fourth-order valence-corrected chi connectivity index (χ4v) is 12.5. The summed E-state index contributed by atoms with van der Waals surface area (Å²) in [4.78, 5) is 56.8.